The van der Waals surface area contributed by atoms with E-state index >= 15 is 0 Å². The fraction of sp³-hybridized carbons (Fsp3) is 0.154. The summed E-state index contributed by atoms with van der Waals surface area (Å²) >= 11 is 0. The minimum absolute atomic E-state index is 0.0122. The van der Waals surface area contributed by atoms with Crippen LogP contribution in [0, 0.1) is 0 Å². The molecule has 1 aromatic carbocycles. The minimum Gasteiger partial charge on any atom is -0.406 e. The monoisotopic (exact) mass is 322 g/mol. The second kappa shape index (κ2) is 5.39. The van der Waals surface area contributed by atoms with Crippen LogP contribution in [0.3, 0.4) is 0 Å². The summed E-state index contributed by atoms with van der Waals surface area (Å²) in [6.45, 7) is 0. The lowest BCUT2D eigenvalue weighted by molar-refractivity contribution is -0.274. The zero-order chi connectivity index (χ0) is 16.5. The van der Waals surface area contributed by atoms with Gasteiger partial charge in [-0.1, -0.05) is 0 Å². The highest BCUT2D eigenvalue weighted by Gasteiger charge is 2.35. The molecule has 2 N–H and O–H groups in total. The van der Waals surface area contributed by atoms with Crippen molar-refractivity contribution in [1.82, 2.24) is 4.98 Å². The molecule has 118 valence electrons. The Morgan fingerprint density at radius 2 is 1.55 bits per heavy atom. The van der Waals surface area contributed by atoms with Gasteiger partial charge in [0.15, 0.2) is 0 Å². The molecule has 3 nitrogen and oxygen atoms in total. The Kier molecular flexibility index (Phi) is 3.90. The Morgan fingerprint density at radius 1 is 0.955 bits per heavy atom. The summed E-state index contributed by atoms with van der Waals surface area (Å²) in [4.78, 5) is 3.61. The molecule has 0 aliphatic rings. The van der Waals surface area contributed by atoms with Gasteiger partial charge in [-0.15, -0.1) is 13.2 Å². The van der Waals surface area contributed by atoms with Crippen LogP contribution in [0.1, 0.15) is 5.56 Å². The number of rotatable bonds is 2. The highest BCUT2D eigenvalue weighted by molar-refractivity contribution is 5.66. The van der Waals surface area contributed by atoms with Gasteiger partial charge in [0.2, 0.25) is 0 Å². The van der Waals surface area contributed by atoms with E-state index in [1.54, 1.807) is 0 Å². The molecule has 2 aromatic rings. The molecule has 0 atom stereocenters. The molecule has 0 unspecified atom stereocenters. The molecule has 1 aromatic heterocycles. The van der Waals surface area contributed by atoms with E-state index in [0.717, 1.165) is 30.5 Å². The zero-order valence-electron chi connectivity index (χ0n) is 10.7. The third-order valence-corrected chi connectivity index (χ3v) is 2.58. The first kappa shape index (κ1) is 15.9. The third-order valence-electron chi connectivity index (χ3n) is 2.58. The number of alkyl halides is 6. The molecule has 2 rings (SSSR count). The Hall–Kier alpha value is -2.45. The molecule has 0 bridgehead atoms. The van der Waals surface area contributed by atoms with Crippen molar-refractivity contribution in [2.75, 3.05) is 5.73 Å². The molecular formula is C13H8F6N2O. The Bertz CT molecular complexity index is 664. The van der Waals surface area contributed by atoms with Gasteiger partial charge in [-0.25, -0.2) is 0 Å². The second-order valence-electron chi connectivity index (χ2n) is 4.23. The summed E-state index contributed by atoms with van der Waals surface area (Å²) in [6, 6.07) is 4.62. The number of nitrogen functional groups attached to an aromatic ring is 1. The van der Waals surface area contributed by atoms with Gasteiger partial charge in [-0.3, -0.25) is 4.98 Å². The van der Waals surface area contributed by atoms with Crippen molar-refractivity contribution in [3.8, 4) is 17.0 Å². The summed E-state index contributed by atoms with van der Waals surface area (Å²) in [7, 11) is 0. The molecule has 0 spiro atoms. The number of pyridine rings is 1. The molecule has 22 heavy (non-hydrogen) atoms. The van der Waals surface area contributed by atoms with Crippen molar-refractivity contribution in [2.24, 2.45) is 0 Å². The normalized spacial score (nSPS) is 12.3. The van der Waals surface area contributed by atoms with E-state index in [4.69, 9.17) is 5.73 Å². The molecule has 0 saturated heterocycles. The van der Waals surface area contributed by atoms with Crippen molar-refractivity contribution >= 4 is 5.69 Å². The van der Waals surface area contributed by atoms with E-state index < -0.39 is 29.5 Å². The average molecular weight is 322 g/mol. The van der Waals surface area contributed by atoms with Crippen LogP contribution in [0.4, 0.5) is 32.0 Å². The Labute approximate surface area is 120 Å². The summed E-state index contributed by atoms with van der Waals surface area (Å²) in [5.41, 5.74) is 3.60. The smallest absolute Gasteiger partial charge is 0.406 e. The van der Waals surface area contributed by atoms with Crippen LogP contribution in [0.15, 0.2) is 36.5 Å². The lowest BCUT2D eigenvalue weighted by Crippen LogP contribution is -2.17. The van der Waals surface area contributed by atoms with Crippen molar-refractivity contribution in [3.63, 3.8) is 0 Å². The predicted molar refractivity (Wildman–Crippen MR) is 65.8 cm³/mol. The maximum Gasteiger partial charge on any atom is 0.573 e. The van der Waals surface area contributed by atoms with Gasteiger partial charge in [0, 0.05) is 5.56 Å². The summed E-state index contributed by atoms with van der Waals surface area (Å²) in [6.07, 6.45) is -8.54. The van der Waals surface area contributed by atoms with Gasteiger partial charge in [-0.05, 0) is 30.3 Å². The van der Waals surface area contributed by atoms with E-state index in [1.807, 2.05) is 0 Å². The first-order valence-corrected chi connectivity index (χ1v) is 5.75. The lowest BCUT2D eigenvalue weighted by Gasteiger charge is -2.13. The van der Waals surface area contributed by atoms with Crippen molar-refractivity contribution in [1.29, 1.82) is 0 Å². The number of anilines is 1. The van der Waals surface area contributed by atoms with Crippen molar-refractivity contribution < 1.29 is 31.1 Å². The molecule has 9 heteroatoms. The van der Waals surface area contributed by atoms with Crippen molar-refractivity contribution in [2.45, 2.75) is 12.5 Å². The summed E-state index contributed by atoms with van der Waals surface area (Å²) in [5.74, 6) is -0.541. The van der Waals surface area contributed by atoms with Crippen LogP contribution in [-0.2, 0) is 6.18 Å². The molecule has 0 aliphatic carbocycles. The number of halogens is 6. The fourth-order valence-corrected chi connectivity index (χ4v) is 1.74. The van der Waals surface area contributed by atoms with E-state index in [-0.39, 0.29) is 11.3 Å². The molecule has 1 heterocycles. The van der Waals surface area contributed by atoms with E-state index in [9.17, 15) is 26.3 Å². The van der Waals surface area contributed by atoms with E-state index in [2.05, 4.69) is 9.72 Å². The number of benzene rings is 1. The second-order valence-corrected chi connectivity index (χ2v) is 4.23. The standard InChI is InChI=1S/C13H8F6N2O/c14-12(15,16)10-5-8(20)6-21-11(10)7-1-3-9(4-2-7)22-13(17,18)19/h1-6H,20H2. The first-order chi connectivity index (χ1) is 10.1. The third kappa shape index (κ3) is 3.80. The number of hydrogen-bond acceptors (Lipinski definition) is 3. The minimum atomic E-state index is -4.88. The van der Waals surface area contributed by atoms with Gasteiger partial charge in [0.1, 0.15) is 5.75 Å². The largest absolute Gasteiger partial charge is 0.573 e. The number of ether oxygens (including phenoxy) is 1. The van der Waals surface area contributed by atoms with Crippen LogP contribution < -0.4 is 10.5 Å². The summed E-state index contributed by atoms with van der Waals surface area (Å²) < 4.78 is 78.6. The molecule has 0 amide bonds. The predicted octanol–water partition coefficient (Wildman–Crippen LogP) is 4.25. The maximum atomic E-state index is 12.9. The average Bonchev–Trinajstić information content (AvgIpc) is 2.37. The Morgan fingerprint density at radius 3 is 2.05 bits per heavy atom. The molecule has 0 saturated carbocycles. The van der Waals surface area contributed by atoms with E-state index in [1.165, 1.54) is 0 Å². The van der Waals surface area contributed by atoms with Gasteiger partial charge < -0.3 is 10.5 Å². The van der Waals surface area contributed by atoms with Gasteiger partial charge in [-0.2, -0.15) is 13.2 Å². The van der Waals surface area contributed by atoms with Crippen LogP contribution in [-0.4, -0.2) is 11.3 Å². The molecule has 0 fully saturated rings. The molecular weight excluding hydrogens is 314 g/mol. The van der Waals surface area contributed by atoms with Gasteiger partial charge >= 0.3 is 12.5 Å². The fourth-order valence-electron chi connectivity index (χ4n) is 1.74. The quantitative estimate of drug-likeness (QED) is 0.841. The Balaban J connectivity index is 2.41. The lowest BCUT2D eigenvalue weighted by atomic mass is 10.0. The SMILES string of the molecule is Nc1cnc(-c2ccc(OC(F)(F)F)cc2)c(C(F)(F)F)c1. The maximum absolute atomic E-state index is 12.9. The van der Waals surface area contributed by atoms with Crippen LogP contribution in [0.5, 0.6) is 5.75 Å². The van der Waals surface area contributed by atoms with Crippen LogP contribution in [0.2, 0.25) is 0 Å². The topological polar surface area (TPSA) is 48.1 Å². The van der Waals surface area contributed by atoms with Gasteiger partial charge in [0.25, 0.3) is 0 Å². The zero-order valence-corrected chi connectivity index (χ0v) is 10.7. The highest BCUT2D eigenvalue weighted by Crippen LogP contribution is 2.37. The number of nitrogens with zero attached hydrogens (tertiary/aromatic N) is 1. The van der Waals surface area contributed by atoms with Gasteiger partial charge in [0.05, 0.1) is 23.1 Å². The van der Waals surface area contributed by atoms with E-state index in [0.29, 0.717) is 6.07 Å². The summed E-state index contributed by atoms with van der Waals surface area (Å²) in [5, 5.41) is 0. The van der Waals surface area contributed by atoms with Crippen molar-refractivity contribution in [3.05, 3.63) is 42.1 Å². The number of hydrogen-bond donors (Lipinski definition) is 1. The number of nitrogens with two attached hydrogens (primary N) is 1. The molecule has 0 radical (unpaired) electrons. The highest BCUT2D eigenvalue weighted by atomic mass is 19.4. The first-order valence-electron chi connectivity index (χ1n) is 5.75. The number of aromatic nitrogens is 1. The van der Waals surface area contributed by atoms with Crippen LogP contribution in [0.25, 0.3) is 11.3 Å². The molecule has 0 aliphatic heterocycles. The van der Waals surface area contributed by atoms with Crippen LogP contribution >= 0.6 is 0 Å².